The molecule has 2 aromatic carbocycles. The molecule has 2 amide bonds. The molecule has 3 aromatic rings. The number of nitrogens with one attached hydrogen (secondary N) is 1. The van der Waals surface area contributed by atoms with Crippen molar-refractivity contribution in [3.63, 3.8) is 0 Å². The van der Waals surface area contributed by atoms with Gasteiger partial charge in [-0.05, 0) is 49.4 Å². The summed E-state index contributed by atoms with van der Waals surface area (Å²) < 4.78 is 0. The van der Waals surface area contributed by atoms with Crippen molar-refractivity contribution >= 4 is 11.8 Å². The highest BCUT2D eigenvalue weighted by Gasteiger charge is 2.38. The Kier molecular flexibility index (Phi) is 9.40. The molecule has 1 aromatic heterocycles. The average molecular weight is 500 g/mol. The number of benzene rings is 2. The summed E-state index contributed by atoms with van der Waals surface area (Å²) in [6, 6.07) is 22.2. The summed E-state index contributed by atoms with van der Waals surface area (Å²) in [5.74, 6) is -0.306. The Morgan fingerprint density at radius 3 is 2.54 bits per heavy atom. The third-order valence-electron chi connectivity index (χ3n) is 7.04. The second-order valence-electron chi connectivity index (χ2n) is 9.71. The van der Waals surface area contributed by atoms with Gasteiger partial charge in [0, 0.05) is 51.2 Å². The molecule has 37 heavy (non-hydrogen) atoms. The van der Waals surface area contributed by atoms with E-state index < -0.39 is 6.04 Å². The molecular formula is C30H37N5O2. The number of nitrogens with two attached hydrogens (primary N) is 1. The summed E-state index contributed by atoms with van der Waals surface area (Å²) in [6.07, 6.45) is 5.50. The van der Waals surface area contributed by atoms with Crippen LogP contribution in [0.2, 0.25) is 0 Å². The lowest BCUT2D eigenvalue weighted by atomic mass is 9.93. The molecule has 2 atom stereocenters. The van der Waals surface area contributed by atoms with Crippen LogP contribution in [-0.2, 0) is 17.8 Å². The molecule has 0 aliphatic carbocycles. The molecule has 2 heterocycles. The Morgan fingerprint density at radius 1 is 1.05 bits per heavy atom. The summed E-state index contributed by atoms with van der Waals surface area (Å²) in [5.41, 5.74) is 9.92. The molecule has 0 saturated carbocycles. The summed E-state index contributed by atoms with van der Waals surface area (Å²) in [6.45, 7) is 5.01. The van der Waals surface area contributed by atoms with Crippen molar-refractivity contribution in [2.75, 3.05) is 26.2 Å². The van der Waals surface area contributed by atoms with Crippen molar-refractivity contribution in [2.45, 2.75) is 44.8 Å². The number of hydrogen-bond acceptors (Lipinski definition) is 5. The zero-order valence-corrected chi connectivity index (χ0v) is 21.6. The Balaban J connectivity index is 1.55. The fourth-order valence-electron chi connectivity index (χ4n) is 4.97. The number of hydrogen-bond donors (Lipinski definition) is 2. The number of carbonyl (C=O) groups excluding carboxylic acids is 2. The number of rotatable bonds is 10. The predicted molar refractivity (Wildman–Crippen MR) is 146 cm³/mol. The van der Waals surface area contributed by atoms with Crippen LogP contribution in [0.15, 0.2) is 79.1 Å². The maximum atomic E-state index is 13.4. The molecule has 1 aliphatic rings. The monoisotopic (exact) mass is 499 g/mol. The normalized spacial score (nSPS) is 17.5. The van der Waals surface area contributed by atoms with E-state index in [9.17, 15) is 9.59 Å². The fraction of sp³-hybridized carbons (Fsp3) is 0.367. The first-order valence-electron chi connectivity index (χ1n) is 13.1. The Labute approximate surface area is 219 Å². The van der Waals surface area contributed by atoms with Gasteiger partial charge in [0.15, 0.2) is 0 Å². The lowest BCUT2D eigenvalue weighted by molar-refractivity contribution is -0.127. The maximum Gasteiger partial charge on any atom is 0.256 e. The van der Waals surface area contributed by atoms with Gasteiger partial charge in [0.2, 0.25) is 5.91 Å². The van der Waals surface area contributed by atoms with Gasteiger partial charge >= 0.3 is 0 Å². The van der Waals surface area contributed by atoms with Gasteiger partial charge in [0.25, 0.3) is 5.91 Å². The molecule has 7 nitrogen and oxygen atoms in total. The van der Waals surface area contributed by atoms with Crippen molar-refractivity contribution in [1.82, 2.24) is 20.1 Å². The number of aromatic nitrogens is 1. The number of piperidine rings is 1. The molecule has 194 valence electrons. The van der Waals surface area contributed by atoms with Crippen LogP contribution >= 0.6 is 0 Å². The number of pyridine rings is 1. The van der Waals surface area contributed by atoms with Crippen molar-refractivity contribution in [2.24, 2.45) is 5.73 Å². The third kappa shape index (κ3) is 7.24. The van der Waals surface area contributed by atoms with Gasteiger partial charge in [-0.1, -0.05) is 60.2 Å². The van der Waals surface area contributed by atoms with E-state index >= 15 is 0 Å². The van der Waals surface area contributed by atoms with Crippen molar-refractivity contribution < 1.29 is 9.59 Å². The van der Waals surface area contributed by atoms with Crippen LogP contribution in [0.4, 0.5) is 0 Å². The lowest BCUT2D eigenvalue weighted by Gasteiger charge is -2.43. The number of nitrogens with zero attached hydrogens (tertiary/aromatic N) is 3. The average Bonchev–Trinajstić information content (AvgIpc) is 2.95. The Bertz CT molecular complexity index is 1140. The topological polar surface area (TPSA) is 91.6 Å². The van der Waals surface area contributed by atoms with Gasteiger partial charge in [-0.3, -0.25) is 19.5 Å². The van der Waals surface area contributed by atoms with Gasteiger partial charge in [-0.15, -0.1) is 0 Å². The number of carbonyl (C=O) groups is 2. The van der Waals surface area contributed by atoms with Gasteiger partial charge in [0.1, 0.15) is 6.04 Å². The summed E-state index contributed by atoms with van der Waals surface area (Å²) in [5, 5.41) is 2.92. The molecule has 1 saturated heterocycles. The van der Waals surface area contributed by atoms with Crippen LogP contribution in [0, 0.1) is 6.92 Å². The SMILES string of the molecule is Cc1ccc(CN(CCc2ccccc2)C2CCN(C(=O)c3cccnc3)[C@@H](C(=O)NCCN)C2)cc1. The standard InChI is InChI=1S/C30H37N5O2/c1-23-9-11-25(12-10-23)22-34(18-13-24-6-3-2-4-7-24)27-14-19-35(28(20-27)29(36)33-17-15-31)30(37)26-8-5-16-32-21-26/h2-12,16,21,27-28H,13-15,17-20,22,31H2,1H3,(H,33,36)/t27?,28-/m1/s1. The van der Waals surface area contributed by atoms with E-state index in [4.69, 9.17) is 5.73 Å². The van der Waals surface area contributed by atoms with E-state index in [1.165, 1.54) is 16.7 Å². The Morgan fingerprint density at radius 2 is 1.84 bits per heavy atom. The number of likely N-dealkylation sites (tertiary alicyclic amines) is 1. The highest BCUT2D eigenvalue weighted by molar-refractivity contribution is 5.97. The minimum absolute atomic E-state index is 0.147. The van der Waals surface area contributed by atoms with Crippen LogP contribution in [0.3, 0.4) is 0 Å². The smallest absolute Gasteiger partial charge is 0.256 e. The van der Waals surface area contributed by atoms with E-state index in [1.54, 1.807) is 29.4 Å². The number of aryl methyl sites for hydroxylation is 1. The van der Waals surface area contributed by atoms with E-state index in [0.29, 0.717) is 31.6 Å². The van der Waals surface area contributed by atoms with E-state index in [1.807, 2.05) is 6.07 Å². The molecule has 0 radical (unpaired) electrons. The molecule has 7 heteroatoms. The summed E-state index contributed by atoms with van der Waals surface area (Å²) in [4.78, 5) is 34.9. The van der Waals surface area contributed by atoms with Gasteiger partial charge in [-0.2, -0.15) is 0 Å². The third-order valence-corrected chi connectivity index (χ3v) is 7.04. The van der Waals surface area contributed by atoms with Gasteiger partial charge in [-0.25, -0.2) is 0 Å². The maximum absolute atomic E-state index is 13.4. The minimum atomic E-state index is -0.560. The second-order valence-corrected chi connectivity index (χ2v) is 9.71. The van der Waals surface area contributed by atoms with Crippen molar-refractivity contribution in [1.29, 1.82) is 0 Å². The van der Waals surface area contributed by atoms with Crippen LogP contribution in [0.1, 0.15) is 39.9 Å². The summed E-state index contributed by atoms with van der Waals surface area (Å²) >= 11 is 0. The lowest BCUT2D eigenvalue weighted by Crippen LogP contribution is -2.57. The first kappa shape index (κ1) is 26.5. The van der Waals surface area contributed by atoms with Crippen LogP contribution in [-0.4, -0.2) is 64.9 Å². The first-order valence-corrected chi connectivity index (χ1v) is 13.1. The largest absolute Gasteiger partial charge is 0.353 e. The Hall–Kier alpha value is -3.55. The molecule has 0 spiro atoms. The highest BCUT2D eigenvalue weighted by Crippen LogP contribution is 2.26. The molecular weight excluding hydrogens is 462 g/mol. The molecule has 4 rings (SSSR count). The van der Waals surface area contributed by atoms with E-state index in [0.717, 1.165) is 25.9 Å². The molecule has 1 aliphatic heterocycles. The molecule has 3 N–H and O–H groups in total. The van der Waals surface area contributed by atoms with Crippen molar-refractivity contribution in [3.8, 4) is 0 Å². The van der Waals surface area contributed by atoms with Crippen molar-refractivity contribution in [3.05, 3.63) is 101 Å². The molecule has 1 fully saturated rings. The summed E-state index contributed by atoms with van der Waals surface area (Å²) in [7, 11) is 0. The van der Waals surface area contributed by atoms with E-state index in [2.05, 4.69) is 70.7 Å². The van der Waals surface area contributed by atoms with E-state index in [-0.39, 0.29) is 17.9 Å². The van der Waals surface area contributed by atoms with Gasteiger partial charge < -0.3 is 16.0 Å². The second kappa shape index (κ2) is 13.1. The first-order chi connectivity index (χ1) is 18.0. The van der Waals surface area contributed by atoms with Crippen LogP contribution in [0.25, 0.3) is 0 Å². The zero-order valence-electron chi connectivity index (χ0n) is 21.6. The zero-order chi connectivity index (χ0) is 26.0. The number of amides is 2. The quantitative estimate of drug-likeness (QED) is 0.447. The van der Waals surface area contributed by atoms with Crippen LogP contribution < -0.4 is 11.1 Å². The van der Waals surface area contributed by atoms with Gasteiger partial charge in [0.05, 0.1) is 5.56 Å². The predicted octanol–water partition coefficient (Wildman–Crippen LogP) is 3.18. The molecule has 0 bridgehead atoms. The highest BCUT2D eigenvalue weighted by atomic mass is 16.2. The fourth-order valence-corrected chi connectivity index (χ4v) is 4.97. The molecule has 1 unspecified atom stereocenters. The van der Waals surface area contributed by atoms with Crippen LogP contribution in [0.5, 0.6) is 0 Å². The minimum Gasteiger partial charge on any atom is -0.353 e.